The van der Waals surface area contributed by atoms with Crippen LogP contribution in [0, 0.1) is 0 Å². The zero-order chi connectivity index (χ0) is 30.1. The van der Waals surface area contributed by atoms with Gasteiger partial charge in [0, 0.05) is 12.1 Å². The van der Waals surface area contributed by atoms with Crippen molar-refractivity contribution >= 4 is 21.1 Å². The maximum absolute atomic E-state index is 11.1. The lowest BCUT2D eigenvalue weighted by Gasteiger charge is -2.42. The van der Waals surface area contributed by atoms with Crippen molar-refractivity contribution < 1.29 is 47.6 Å². The van der Waals surface area contributed by atoms with Crippen molar-refractivity contribution in [2.45, 2.75) is 80.2 Å². The molecule has 0 saturated heterocycles. The summed E-state index contributed by atoms with van der Waals surface area (Å²) in [6, 6.07) is 0. The quantitative estimate of drug-likeness (QED) is 0.0994. The molecule has 0 aromatic carbocycles. The molecule has 224 valence electrons. The third-order valence-corrected chi connectivity index (χ3v) is 11.4. The number of carbonyl (C=O) groups is 1. The molecule has 0 fully saturated rings. The van der Waals surface area contributed by atoms with Crippen LogP contribution in [0.3, 0.4) is 0 Å². The topological polar surface area (TPSA) is 170 Å². The van der Waals surface area contributed by atoms with Gasteiger partial charge >= 0.3 is 0 Å². The zero-order valence-electron chi connectivity index (χ0n) is 24.7. The Balaban J connectivity index is -0.000000534. The average molecular weight is 576 g/mol. The van der Waals surface area contributed by atoms with E-state index in [4.69, 9.17) is 9.79 Å². The van der Waals surface area contributed by atoms with Gasteiger partial charge in [0.25, 0.3) is 0 Å². The van der Waals surface area contributed by atoms with E-state index in [0.29, 0.717) is 0 Å². The molecule has 0 spiro atoms. The number of nitrogens with zero attached hydrogens (tertiary/aromatic N) is 2. The Bertz CT molecular complexity index is 667. The summed E-state index contributed by atoms with van der Waals surface area (Å²) in [5.41, 5.74) is 0.184. The van der Waals surface area contributed by atoms with Crippen LogP contribution in [-0.4, -0.2) is 93.8 Å². The summed E-state index contributed by atoms with van der Waals surface area (Å²) in [5.74, 6) is -0.535. The van der Waals surface area contributed by atoms with Gasteiger partial charge in [0.15, 0.2) is 20.3 Å². The van der Waals surface area contributed by atoms with Gasteiger partial charge in [0.05, 0.1) is 52.4 Å². The molecule has 0 aliphatic heterocycles. The highest BCUT2D eigenvalue weighted by atomic mass is 31.2. The maximum atomic E-state index is 11.1. The molecule has 0 radical (unpaired) electrons. The number of quaternary nitrogens is 2. The van der Waals surface area contributed by atoms with E-state index >= 15 is 0 Å². The van der Waals surface area contributed by atoms with Gasteiger partial charge in [0.1, 0.15) is 0 Å². The highest BCUT2D eigenvalue weighted by Crippen LogP contribution is 2.65. The third-order valence-electron chi connectivity index (χ3n) is 7.63. The monoisotopic (exact) mass is 575 g/mol. The largest absolute Gasteiger partial charge is 0.776 e. The second-order valence-electron chi connectivity index (χ2n) is 9.17. The second kappa shape index (κ2) is 18.6. The Morgan fingerprint density at radius 1 is 0.784 bits per heavy atom. The number of aliphatic hydroxyl groups is 1. The smallest absolute Gasteiger partial charge is 0.246 e. The molecule has 11 nitrogen and oxygen atoms in total. The standard InChI is InChI=1S/C8H17NO8P2.2C8H20N/c1-6(2)7(10)9-5-3-4-8(11,18(12,13)14)19(15,16)17;2*1-5-9(6-2,7-3)8-4/h11H,1,3-5H2,2H3,(H,9,10)(H2,12,13,14)(H2,15,16,17);2*5-8H2,1-4H3/q;2*+1/p-2. The predicted molar refractivity (Wildman–Crippen MR) is 147 cm³/mol. The molecular weight excluding hydrogens is 520 g/mol. The van der Waals surface area contributed by atoms with Crippen molar-refractivity contribution in [1.82, 2.24) is 5.32 Å². The van der Waals surface area contributed by atoms with Crippen molar-refractivity contribution in [3.05, 3.63) is 12.2 Å². The molecule has 4 N–H and O–H groups in total. The summed E-state index contributed by atoms with van der Waals surface area (Å²) < 4.78 is 24.2. The second-order valence-corrected chi connectivity index (χ2v) is 13.1. The number of amides is 1. The van der Waals surface area contributed by atoms with Crippen LogP contribution in [0.5, 0.6) is 0 Å². The molecule has 0 heterocycles. The van der Waals surface area contributed by atoms with Crippen molar-refractivity contribution in [2.75, 3.05) is 58.9 Å². The van der Waals surface area contributed by atoms with Crippen LogP contribution in [0.15, 0.2) is 12.2 Å². The molecule has 0 rings (SSSR count). The molecule has 0 aromatic rings. The lowest BCUT2D eigenvalue weighted by molar-refractivity contribution is -0.921. The van der Waals surface area contributed by atoms with E-state index in [9.17, 15) is 28.8 Å². The van der Waals surface area contributed by atoms with Gasteiger partial charge in [-0.15, -0.1) is 0 Å². The summed E-state index contributed by atoms with van der Waals surface area (Å²) in [6.07, 6.45) is -1.30. The van der Waals surface area contributed by atoms with E-state index in [2.05, 4.69) is 67.3 Å². The molecule has 0 aromatic heterocycles. The molecule has 0 aliphatic carbocycles. The minimum atomic E-state index is -5.74. The summed E-state index contributed by atoms with van der Waals surface area (Å²) in [7, 11) is -11.5. The van der Waals surface area contributed by atoms with Crippen molar-refractivity contribution in [1.29, 1.82) is 0 Å². The van der Waals surface area contributed by atoms with Gasteiger partial charge in [-0.1, -0.05) is 6.58 Å². The number of rotatable bonds is 15. The Labute approximate surface area is 225 Å². The van der Waals surface area contributed by atoms with Crippen LogP contribution in [-0.2, 0) is 13.9 Å². The lowest BCUT2D eigenvalue weighted by atomic mass is 10.3. The first-order valence-electron chi connectivity index (χ1n) is 13.3. The van der Waals surface area contributed by atoms with Gasteiger partial charge in [-0.3, -0.25) is 4.79 Å². The van der Waals surface area contributed by atoms with Crippen LogP contribution in [0.25, 0.3) is 0 Å². The zero-order valence-corrected chi connectivity index (χ0v) is 26.4. The average Bonchev–Trinajstić information content (AvgIpc) is 2.84. The van der Waals surface area contributed by atoms with Crippen molar-refractivity contribution in [2.24, 2.45) is 0 Å². The molecule has 0 saturated carbocycles. The van der Waals surface area contributed by atoms with E-state index in [-0.39, 0.29) is 18.5 Å². The Hall–Kier alpha value is -0.610. The van der Waals surface area contributed by atoms with Crippen LogP contribution < -0.4 is 15.1 Å². The van der Waals surface area contributed by atoms with Gasteiger partial charge in [-0.05, 0) is 75.2 Å². The van der Waals surface area contributed by atoms with Crippen LogP contribution in [0.2, 0.25) is 0 Å². The predicted octanol–water partition coefficient (Wildman–Crippen LogP) is 1.96. The number of nitrogens with one attached hydrogen (secondary N) is 1. The molecule has 2 unspecified atom stereocenters. The normalized spacial score (nSPS) is 16.5. The maximum Gasteiger partial charge on any atom is 0.246 e. The summed E-state index contributed by atoms with van der Waals surface area (Å²) in [6.45, 7) is 33.0. The summed E-state index contributed by atoms with van der Waals surface area (Å²) >= 11 is 0. The van der Waals surface area contributed by atoms with Crippen LogP contribution >= 0.6 is 15.2 Å². The fourth-order valence-corrected chi connectivity index (χ4v) is 5.96. The van der Waals surface area contributed by atoms with Gasteiger partial charge in [-0.2, -0.15) is 0 Å². The van der Waals surface area contributed by atoms with Gasteiger partial charge in [-0.25, -0.2) is 0 Å². The molecule has 2 atom stereocenters. The molecule has 0 bridgehead atoms. The van der Waals surface area contributed by atoms with E-state index in [0.717, 1.165) is 0 Å². The number of hydrogen-bond acceptors (Lipinski definition) is 6. The number of hydrogen-bond donors (Lipinski definition) is 4. The Morgan fingerprint density at radius 2 is 1.05 bits per heavy atom. The van der Waals surface area contributed by atoms with Gasteiger partial charge in [0.2, 0.25) is 5.91 Å². The minimum Gasteiger partial charge on any atom is -0.776 e. The number of carbonyl (C=O) groups excluding carboxylic acids is 1. The highest BCUT2D eigenvalue weighted by Gasteiger charge is 2.46. The summed E-state index contributed by atoms with van der Waals surface area (Å²) in [5, 5.41) is 7.98. The molecular formula is C24H55N3O8P2. The molecule has 0 aliphatic rings. The minimum absolute atomic E-state index is 0.173. The molecule has 37 heavy (non-hydrogen) atoms. The van der Waals surface area contributed by atoms with Gasteiger partial charge < -0.3 is 48.1 Å². The lowest BCUT2D eigenvalue weighted by Crippen LogP contribution is -2.47. The van der Waals surface area contributed by atoms with Crippen LogP contribution in [0.4, 0.5) is 0 Å². The first-order chi connectivity index (χ1) is 16.8. The SMILES string of the molecule is C=C(C)C(=O)NCCCC(O)(P(=O)([O-])O)P(=O)([O-])O.CC[N+](CC)(CC)CC.CC[N+](CC)(CC)CC. The van der Waals surface area contributed by atoms with E-state index < -0.39 is 32.6 Å². The first-order valence-corrected chi connectivity index (χ1v) is 16.4. The van der Waals surface area contributed by atoms with E-state index in [1.165, 1.54) is 68.2 Å². The molecule has 13 heteroatoms. The fourth-order valence-electron chi connectivity index (χ4n) is 3.80. The van der Waals surface area contributed by atoms with Crippen molar-refractivity contribution in [3.63, 3.8) is 0 Å². The van der Waals surface area contributed by atoms with Crippen LogP contribution in [0.1, 0.15) is 75.2 Å². The fraction of sp³-hybridized carbons (Fsp3) is 0.875. The summed E-state index contributed by atoms with van der Waals surface area (Å²) in [4.78, 5) is 50.1. The first kappa shape index (κ1) is 40.9. The van der Waals surface area contributed by atoms with E-state index in [1.807, 2.05) is 0 Å². The van der Waals surface area contributed by atoms with E-state index in [1.54, 1.807) is 0 Å². The van der Waals surface area contributed by atoms with Crippen molar-refractivity contribution in [3.8, 4) is 0 Å². The molecule has 1 amide bonds. The Morgan fingerprint density at radius 3 is 1.22 bits per heavy atom. The third kappa shape index (κ3) is 13.8. The highest BCUT2D eigenvalue weighted by molar-refractivity contribution is 7.70. The Kier molecular flexibility index (Phi) is 20.6.